The lowest BCUT2D eigenvalue weighted by atomic mass is 9.79. The summed E-state index contributed by atoms with van der Waals surface area (Å²) in [6.45, 7) is 8.26. The summed E-state index contributed by atoms with van der Waals surface area (Å²) in [6, 6.07) is 25.0. The van der Waals surface area contributed by atoms with Crippen molar-refractivity contribution in [1.82, 2.24) is 4.90 Å². The van der Waals surface area contributed by atoms with Gasteiger partial charge in [-0.15, -0.1) is 12.4 Å². The zero-order valence-electron chi connectivity index (χ0n) is 20.8. The molecule has 0 atom stereocenters. The number of likely N-dealkylation sites (tertiary alicyclic amines) is 1. The first kappa shape index (κ1) is 25.2. The van der Waals surface area contributed by atoms with Crippen LogP contribution in [0.3, 0.4) is 0 Å². The van der Waals surface area contributed by atoms with Crippen LogP contribution in [0.15, 0.2) is 72.8 Å². The van der Waals surface area contributed by atoms with E-state index < -0.39 is 5.60 Å². The summed E-state index contributed by atoms with van der Waals surface area (Å²) in [5.74, 6) is 2.52. The summed E-state index contributed by atoms with van der Waals surface area (Å²) >= 11 is 0. The van der Waals surface area contributed by atoms with E-state index >= 15 is 0 Å². The highest BCUT2D eigenvalue weighted by molar-refractivity contribution is 6.05. The molecule has 0 aromatic heterocycles. The van der Waals surface area contributed by atoms with Crippen LogP contribution in [0, 0.1) is 0 Å². The van der Waals surface area contributed by atoms with Crippen LogP contribution < -0.4 is 14.2 Å². The smallest absolute Gasteiger partial charge is 0.132 e. The van der Waals surface area contributed by atoms with Crippen LogP contribution in [-0.2, 0) is 0 Å². The molecule has 2 heterocycles. The van der Waals surface area contributed by atoms with Crippen molar-refractivity contribution in [2.75, 3.05) is 33.4 Å². The Morgan fingerprint density at radius 2 is 1.60 bits per heavy atom. The molecule has 5 rings (SSSR count). The highest BCUT2D eigenvalue weighted by Gasteiger charge is 2.37. The van der Waals surface area contributed by atoms with Crippen molar-refractivity contribution >= 4 is 23.6 Å². The molecule has 1 saturated heterocycles. The van der Waals surface area contributed by atoms with Gasteiger partial charge in [0.05, 0.1) is 7.11 Å². The third-order valence-corrected chi connectivity index (χ3v) is 6.76. The maximum Gasteiger partial charge on any atom is 0.132 e. The Morgan fingerprint density at radius 3 is 2.34 bits per heavy atom. The fraction of sp³-hybridized carbons (Fsp3) is 0.333. The van der Waals surface area contributed by atoms with Gasteiger partial charge in [-0.1, -0.05) is 48.5 Å². The van der Waals surface area contributed by atoms with Crippen LogP contribution in [-0.4, -0.2) is 43.9 Å². The van der Waals surface area contributed by atoms with E-state index in [1.165, 1.54) is 25.9 Å². The number of halogens is 1. The van der Waals surface area contributed by atoms with Crippen molar-refractivity contribution in [2.45, 2.75) is 32.3 Å². The molecule has 0 unspecified atom stereocenters. The predicted octanol–water partition coefficient (Wildman–Crippen LogP) is 6.72. The molecule has 1 fully saturated rings. The minimum absolute atomic E-state index is 0. The van der Waals surface area contributed by atoms with Crippen molar-refractivity contribution in [3.63, 3.8) is 0 Å². The SMILES string of the molecule is COc1ccc2c(c1)OC(C)(C)C(c1ccccc1)=C2c1ccccc1OCCN1CCCC1.Cl. The molecule has 35 heavy (non-hydrogen) atoms. The van der Waals surface area contributed by atoms with Crippen LogP contribution in [0.25, 0.3) is 11.1 Å². The van der Waals surface area contributed by atoms with Crippen molar-refractivity contribution in [3.8, 4) is 17.2 Å². The topological polar surface area (TPSA) is 30.9 Å². The number of fused-ring (bicyclic) bond motifs is 1. The fourth-order valence-corrected chi connectivity index (χ4v) is 5.15. The first-order valence-electron chi connectivity index (χ1n) is 12.2. The molecule has 3 aromatic carbocycles. The van der Waals surface area contributed by atoms with Crippen LogP contribution >= 0.6 is 12.4 Å². The van der Waals surface area contributed by atoms with Gasteiger partial charge in [-0.2, -0.15) is 0 Å². The first-order chi connectivity index (χ1) is 16.6. The summed E-state index contributed by atoms with van der Waals surface area (Å²) in [4.78, 5) is 2.48. The van der Waals surface area contributed by atoms with Gasteiger partial charge in [0, 0.05) is 34.9 Å². The average molecular weight is 492 g/mol. The van der Waals surface area contributed by atoms with Crippen molar-refractivity contribution < 1.29 is 14.2 Å². The maximum absolute atomic E-state index is 6.58. The average Bonchev–Trinajstić information content (AvgIpc) is 3.37. The molecule has 184 valence electrons. The molecule has 0 spiro atoms. The third kappa shape index (κ3) is 5.19. The molecule has 0 amide bonds. The van der Waals surface area contributed by atoms with Crippen LogP contribution in [0.1, 0.15) is 43.4 Å². The number of benzene rings is 3. The second-order valence-corrected chi connectivity index (χ2v) is 9.48. The Bertz CT molecular complexity index is 1180. The van der Waals surface area contributed by atoms with Crippen molar-refractivity contribution in [2.24, 2.45) is 0 Å². The van der Waals surface area contributed by atoms with Crippen LogP contribution in [0.4, 0.5) is 0 Å². The first-order valence-corrected chi connectivity index (χ1v) is 12.2. The zero-order valence-corrected chi connectivity index (χ0v) is 21.6. The molecule has 5 heteroatoms. The van der Waals surface area contributed by atoms with Gasteiger partial charge in [-0.25, -0.2) is 0 Å². The zero-order chi connectivity index (χ0) is 23.5. The minimum atomic E-state index is -0.543. The minimum Gasteiger partial charge on any atom is -0.497 e. The van der Waals surface area contributed by atoms with Crippen molar-refractivity contribution in [3.05, 3.63) is 89.5 Å². The largest absolute Gasteiger partial charge is 0.497 e. The molecule has 4 nitrogen and oxygen atoms in total. The molecule has 0 radical (unpaired) electrons. The highest BCUT2D eigenvalue weighted by atomic mass is 35.5. The van der Waals surface area contributed by atoms with Crippen LogP contribution in [0.2, 0.25) is 0 Å². The van der Waals surface area contributed by atoms with Gasteiger partial charge in [-0.05, 0) is 63.5 Å². The van der Waals surface area contributed by atoms with Crippen LogP contribution in [0.5, 0.6) is 17.2 Å². The van der Waals surface area contributed by atoms with Gasteiger partial charge < -0.3 is 14.2 Å². The highest BCUT2D eigenvalue weighted by Crippen LogP contribution is 2.50. The number of ether oxygens (including phenoxy) is 3. The molecular formula is C30H34ClNO3. The van der Waals surface area contributed by atoms with Crippen molar-refractivity contribution in [1.29, 1.82) is 0 Å². The lowest BCUT2D eigenvalue weighted by Gasteiger charge is -2.38. The second-order valence-electron chi connectivity index (χ2n) is 9.48. The van der Waals surface area contributed by atoms with E-state index in [1.807, 2.05) is 12.1 Å². The second kappa shape index (κ2) is 10.8. The van der Waals surface area contributed by atoms with E-state index in [2.05, 4.69) is 79.4 Å². The molecule has 2 aliphatic heterocycles. The summed E-state index contributed by atoms with van der Waals surface area (Å²) < 4.78 is 18.5. The number of methoxy groups -OCH3 is 1. The Hall–Kier alpha value is -2.95. The molecule has 0 bridgehead atoms. The Balaban J connectivity index is 0.00000289. The summed E-state index contributed by atoms with van der Waals surface area (Å²) in [5.41, 5.74) is 5.05. The summed E-state index contributed by atoms with van der Waals surface area (Å²) in [5, 5.41) is 0. The van der Waals surface area contributed by atoms with Gasteiger partial charge in [0.1, 0.15) is 29.5 Å². The summed E-state index contributed by atoms with van der Waals surface area (Å²) in [6.07, 6.45) is 2.58. The van der Waals surface area contributed by atoms with Gasteiger partial charge in [0.25, 0.3) is 0 Å². The molecule has 2 aliphatic rings. The van der Waals surface area contributed by atoms with E-state index in [4.69, 9.17) is 14.2 Å². The quantitative estimate of drug-likeness (QED) is 0.367. The number of nitrogens with zero attached hydrogens (tertiary/aromatic N) is 1. The monoisotopic (exact) mass is 491 g/mol. The fourth-order valence-electron chi connectivity index (χ4n) is 5.15. The third-order valence-electron chi connectivity index (χ3n) is 6.76. The van der Waals surface area contributed by atoms with Gasteiger partial charge in [0.2, 0.25) is 0 Å². The lowest BCUT2D eigenvalue weighted by Crippen LogP contribution is -2.34. The van der Waals surface area contributed by atoms with E-state index in [0.717, 1.165) is 51.6 Å². The lowest BCUT2D eigenvalue weighted by molar-refractivity contribution is 0.168. The molecule has 3 aromatic rings. The Morgan fingerprint density at radius 1 is 0.886 bits per heavy atom. The van der Waals surface area contributed by atoms with Gasteiger partial charge in [0.15, 0.2) is 0 Å². The van der Waals surface area contributed by atoms with E-state index in [9.17, 15) is 0 Å². The van der Waals surface area contributed by atoms with E-state index in [0.29, 0.717) is 6.61 Å². The number of para-hydroxylation sites is 1. The maximum atomic E-state index is 6.58. The predicted molar refractivity (Wildman–Crippen MR) is 145 cm³/mol. The van der Waals surface area contributed by atoms with E-state index in [1.54, 1.807) is 7.11 Å². The number of rotatable bonds is 7. The molecule has 0 aliphatic carbocycles. The molecular weight excluding hydrogens is 458 g/mol. The standard InChI is InChI=1S/C30H33NO3.ClH/c1-30(2)29(22-11-5-4-6-12-22)28(25-16-15-23(32-3)21-27(25)34-30)24-13-7-8-14-26(24)33-20-19-31-17-9-10-18-31;/h4-8,11-16,21H,9-10,17-20H2,1-3H3;1H. The van der Waals surface area contributed by atoms with Gasteiger partial charge in [-0.3, -0.25) is 4.90 Å². The summed E-state index contributed by atoms with van der Waals surface area (Å²) in [7, 11) is 1.69. The molecule has 0 N–H and O–H groups in total. The Kier molecular flexibility index (Phi) is 7.73. The molecule has 0 saturated carbocycles. The Labute approximate surface area is 214 Å². The van der Waals surface area contributed by atoms with Gasteiger partial charge >= 0.3 is 0 Å². The number of hydrogen-bond donors (Lipinski definition) is 0. The number of hydrogen-bond acceptors (Lipinski definition) is 4. The van der Waals surface area contributed by atoms with E-state index in [-0.39, 0.29) is 12.4 Å². The normalized spacial score (nSPS) is 16.8.